The molecule has 1 aliphatic rings. The van der Waals surface area contributed by atoms with Crippen molar-refractivity contribution in [1.82, 2.24) is 0 Å². The molecule has 2 unspecified atom stereocenters. The topological polar surface area (TPSA) is 92.5 Å². The Kier molecular flexibility index (Phi) is 4.44. The number of hydrogen-bond donors (Lipinski definition) is 2. The van der Waals surface area contributed by atoms with Crippen LogP contribution in [0.15, 0.2) is 18.2 Å². The molecule has 2 N–H and O–H groups in total. The number of hydrogen-bond acceptors (Lipinski definition) is 4. The van der Waals surface area contributed by atoms with Crippen LogP contribution in [-0.4, -0.2) is 22.0 Å². The highest BCUT2D eigenvalue weighted by Gasteiger charge is 2.27. The van der Waals surface area contributed by atoms with E-state index in [1.54, 1.807) is 6.07 Å². The van der Waals surface area contributed by atoms with E-state index in [-0.39, 0.29) is 22.7 Å². The molecule has 0 heterocycles. The largest absolute Gasteiger partial charge is 0.481 e. The van der Waals surface area contributed by atoms with Gasteiger partial charge in [-0.05, 0) is 25.3 Å². The number of benzene rings is 1. The molecule has 2 atom stereocenters. The van der Waals surface area contributed by atoms with Gasteiger partial charge in [0.25, 0.3) is 5.69 Å². The number of carboxylic acid groups (broad SMARTS) is 1. The van der Waals surface area contributed by atoms with Crippen LogP contribution in [0.5, 0.6) is 0 Å². The number of aliphatic carboxylic acids is 1. The number of halogens is 1. The predicted molar refractivity (Wildman–Crippen MR) is 75.1 cm³/mol. The molecular formula is C13H15ClN2O4. The molecule has 20 heavy (non-hydrogen) atoms. The summed E-state index contributed by atoms with van der Waals surface area (Å²) in [5.74, 6) is -1.11. The van der Waals surface area contributed by atoms with Crippen LogP contribution >= 0.6 is 11.6 Å². The van der Waals surface area contributed by atoms with E-state index in [2.05, 4.69) is 5.32 Å². The Morgan fingerprint density at radius 3 is 2.80 bits per heavy atom. The third-order valence-electron chi connectivity index (χ3n) is 3.55. The Hall–Kier alpha value is -1.82. The van der Waals surface area contributed by atoms with Crippen molar-refractivity contribution in [1.29, 1.82) is 0 Å². The van der Waals surface area contributed by atoms with Crippen LogP contribution in [0.1, 0.15) is 25.7 Å². The number of nitrogens with zero attached hydrogens (tertiary/aromatic N) is 1. The van der Waals surface area contributed by atoms with E-state index in [9.17, 15) is 14.9 Å². The van der Waals surface area contributed by atoms with Crippen molar-refractivity contribution in [2.75, 3.05) is 5.32 Å². The number of nitrogens with one attached hydrogen (secondary N) is 1. The fraction of sp³-hybridized carbons (Fsp3) is 0.462. The lowest BCUT2D eigenvalue weighted by Crippen LogP contribution is -2.31. The van der Waals surface area contributed by atoms with Crippen LogP contribution in [0.3, 0.4) is 0 Å². The van der Waals surface area contributed by atoms with Gasteiger partial charge in [0.15, 0.2) is 0 Å². The van der Waals surface area contributed by atoms with Gasteiger partial charge in [-0.2, -0.15) is 0 Å². The number of anilines is 1. The van der Waals surface area contributed by atoms with Gasteiger partial charge in [-0.25, -0.2) is 0 Å². The van der Waals surface area contributed by atoms with Gasteiger partial charge in [-0.1, -0.05) is 18.0 Å². The van der Waals surface area contributed by atoms with Gasteiger partial charge in [-0.3, -0.25) is 14.9 Å². The number of nitro benzene ring substituents is 1. The van der Waals surface area contributed by atoms with Crippen LogP contribution in [-0.2, 0) is 4.79 Å². The summed E-state index contributed by atoms with van der Waals surface area (Å²) in [4.78, 5) is 21.1. The molecule has 108 valence electrons. The lowest BCUT2D eigenvalue weighted by Gasteiger charge is -2.28. The highest BCUT2D eigenvalue weighted by Crippen LogP contribution is 2.31. The van der Waals surface area contributed by atoms with E-state index in [4.69, 9.17) is 16.7 Å². The second-order valence-corrected chi connectivity index (χ2v) is 5.37. The fourth-order valence-corrected chi connectivity index (χ4v) is 2.73. The molecule has 1 aliphatic carbocycles. The molecule has 0 amide bonds. The van der Waals surface area contributed by atoms with Gasteiger partial charge in [-0.15, -0.1) is 0 Å². The molecule has 0 radical (unpaired) electrons. The number of nitro groups is 1. The van der Waals surface area contributed by atoms with Crippen LogP contribution in [0.2, 0.25) is 5.02 Å². The monoisotopic (exact) mass is 298 g/mol. The summed E-state index contributed by atoms with van der Waals surface area (Å²) in [6.45, 7) is 0. The standard InChI is InChI=1S/C13H15ClN2O4/c14-11-7-10(16(19)20)4-5-12(11)15-9-3-1-2-8(6-9)13(17)18/h4-5,7-9,15H,1-3,6H2,(H,17,18). The van der Waals surface area contributed by atoms with Crippen LogP contribution in [0.25, 0.3) is 0 Å². The van der Waals surface area contributed by atoms with Gasteiger partial charge in [0, 0.05) is 18.2 Å². The third-order valence-corrected chi connectivity index (χ3v) is 3.86. The van der Waals surface area contributed by atoms with E-state index in [0.717, 1.165) is 12.8 Å². The zero-order chi connectivity index (χ0) is 14.7. The minimum Gasteiger partial charge on any atom is -0.481 e. The van der Waals surface area contributed by atoms with E-state index in [1.165, 1.54) is 12.1 Å². The lowest BCUT2D eigenvalue weighted by atomic mass is 9.85. The van der Waals surface area contributed by atoms with Crippen molar-refractivity contribution in [3.8, 4) is 0 Å². The Morgan fingerprint density at radius 2 is 2.20 bits per heavy atom. The molecule has 0 aliphatic heterocycles. The molecule has 1 aromatic rings. The summed E-state index contributed by atoms with van der Waals surface area (Å²) in [7, 11) is 0. The Morgan fingerprint density at radius 1 is 1.45 bits per heavy atom. The van der Waals surface area contributed by atoms with Gasteiger partial charge in [0.1, 0.15) is 0 Å². The van der Waals surface area contributed by atoms with E-state index >= 15 is 0 Å². The lowest BCUT2D eigenvalue weighted by molar-refractivity contribution is -0.384. The highest BCUT2D eigenvalue weighted by atomic mass is 35.5. The first-order chi connectivity index (χ1) is 9.47. The molecule has 1 fully saturated rings. The minimum atomic E-state index is -0.772. The van der Waals surface area contributed by atoms with Crippen molar-refractivity contribution >= 4 is 28.9 Å². The first-order valence-electron chi connectivity index (χ1n) is 6.40. The average molecular weight is 299 g/mol. The molecule has 0 bridgehead atoms. The number of carbonyl (C=O) groups is 1. The predicted octanol–water partition coefficient (Wildman–Crippen LogP) is 3.30. The summed E-state index contributed by atoms with van der Waals surface area (Å²) in [6, 6.07) is 4.27. The van der Waals surface area contributed by atoms with E-state index < -0.39 is 10.9 Å². The van der Waals surface area contributed by atoms with E-state index in [0.29, 0.717) is 18.5 Å². The maximum absolute atomic E-state index is 11.0. The summed E-state index contributed by atoms with van der Waals surface area (Å²) in [5, 5.41) is 23.1. The first kappa shape index (κ1) is 14.6. The molecule has 6 nitrogen and oxygen atoms in total. The molecule has 0 spiro atoms. The van der Waals surface area contributed by atoms with E-state index in [1.807, 2.05) is 0 Å². The zero-order valence-electron chi connectivity index (χ0n) is 10.7. The number of non-ortho nitro benzene ring substituents is 1. The summed E-state index contributed by atoms with van der Waals surface area (Å²) in [6.07, 6.45) is 2.96. The molecule has 0 saturated heterocycles. The normalized spacial score (nSPS) is 22.2. The Labute approximate surface area is 120 Å². The summed E-state index contributed by atoms with van der Waals surface area (Å²) in [5.41, 5.74) is 0.543. The molecular weight excluding hydrogens is 284 g/mol. The second kappa shape index (κ2) is 6.09. The van der Waals surface area contributed by atoms with Crippen LogP contribution in [0.4, 0.5) is 11.4 Å². The molecule has 1 aromatic carbocycles. The molecule has 7 heteroatoms. The third kappa shape index (κ3) is 3.39. The van der Waals surface area contributed by atoms with Crippen LogP contribution in [0, 0.1) is 16.0 Å². The number of carboxylic acids is 1. The Balaban J connectivity index is 2.06. The molecule has 0 aromatic heterocycles. The first-order valence-corrected chi connectivity index (χ1v) is 6.78. The van der Waals surface area contributed by atoms with Crippen molar-refractivity contribution in [3.05, 3.63) is 33.3 Å². The zero-order valence-corrected chi connectivity index (χ0v) is 11.5. The maximum Gasteiger partial charge on any atom is 0.306 e. The van der Waals surface area contributed by atoms with Gasteiger partial charge in [0.05, 0.1) is 21.6 Å². The number of rotatable bonds is 4. The van der Waals surface area contributed by atoms with Crippen molar-refractivity contribution in [2.24, 2.45) is 5.92 Å². The second-order valence-electron chi connectivity index (χ2n) is 4.96. The van der Waals surface area contributed by atoms with Gasteiger partial charge in [0.2, 0.25) is 0 Å². The maximum atomic E-state index is 11.0. The summed E-state index contributed by atoms with van der Waals surface area (Å²) >= 11 is 6.01. The smallest absolute Gasteiger partial charge is 0.306 e. The minimum absolute atomic E-state index is 0.0313. The molecule has 1 saturated carbocycles. The van der Waals surface area contributed by atoms with Gasteiger partial charge < -0.3 is 10.4 Å². The molecule has 2 rings (SSSR count). The highest BCUT2D eigenvalue weighted by molar-refractivity contribution is 6.33. The average Bonchev–Trinajstić information content (AvgIpc) is 2.41. The van der Waals surface area contributed by atoms with Crippen LogP contribution < -0.4 is 5.32 Å². The van der Waals surface area contributed by atoms with Crippen molar-refractivity contribution in [3.63, 3.8) is 0 Å². The SMILES string of the molecule is O=C(O)C1CCCC(Nc2ccc([N+](=O)[O-])cc2Cl)C1. The van der Waals surface area contributed by atoms with Crippen molar-refractivity contribution < 1.29 is 14.8 Å². The quantitative estimate of drug-likeness (QED) is 0.657. The Bertz CT molecular complexity index is 535. The van der Waals surface area contributed by atoms with Crippen molar-refractivity contribution in [2.45, 2.75) is 31.7 Å². The van der Waals surface area contributed by atoms with Gasteiger partial charge >= 0.3 is 5.97 Å². The fourth-order valence-electron chi connectivity index (χ4n) is 2.50. The summed E-state index contributed by atoms with van der Waals surface area (Å²) < 4.78 is 0.